The fraction of sp³-hybridized carbons (Fsp3) is 0.500. The Hall–Kier alpha value is -3.64. The molecule has 0 amide bonds. The summed E-state index contributed by atoms with van der Waals surface area (Å²) in [7, 11) is 0. The number of aliphatic carboxylic acids is 1. The molecule has 0 aliphatic heterocycles. The summed E-state index contributed by atoms with van der Waals surface area (Å²) < 4.78 is 4.80. The van der Waals surface area contributed by atoms with Crippen molar-refractivity contribution in [3.63, 3.8) is 0 Å². The maximum atomic E-state index is 11.9. The summed E-state index contributed by atoms with van der Waals surface area (Å²) in [5, 5.41) is 41.6. The number of carbonyl (C=O) groups is 2. The van der Waals surface area contributed by atoms with Crippen LogP contribution in [0.15, 0.2) is 12.1 Å². The van der Waals surface area contributed by atoms with E-state index in [2.05, 4.69) is 0 Å². The number of hydrogen-bond acceptors (Lipinski definition) is 9. The van der Waals surface area contributed by atoms with Crippen LogP contribution in [-0.2, 0) is 9.59 Å². The summed E-state index contributed by atoms with van der Waals surface area (Å²) >= 11 is 0. The van der Waals surface area contributed by atoms with Crippen molar-refractivity contribution < 1.29 is 34.2 Å². The van der Waals surface area contributed by atoms with Crippen molar-refractivity contribution >= 4 is 29.0 Å². The molecular formula is C16H19N3O10. The first-order valence-corrected chi connectivity index (χ1v) is 8.67. The van der Waals surface area contributed by atoms with Crippen molar-refractivity contribution in [2.45, 2.75) is 51.4 Å². The van der Waals surface area contributed by atoms with E-state index in [1.165, 1.54) is 0 Å². The third-order valence-electron chi connectivity index (χ3n) is 3.88. The van der Waals surface area contributed by atoms with Gasteiger partial charge in [0.15, 0.2) is 0 Å². The highest BCUT2D eigenvalue weighted by Gasteiger charge is 2.33. The molecule has 13 nitrogen and oxygen atoms in total. The maximum absolute atomic E-state index is 11.9. The van der Waals surface area contributed by atoms with E-state index in [0.717, 1.165) is 19.3 Å². The summed E-state index contributed by atoms with van der Waals surface area (Å²) in [5.41, 5.74) is -2.96. The quantitative estimate of drug-likeness (QED) is 0.164. The minimum atomic E-state index is -1.10. The number of nitro groups is 3. The molecule has 29 heavy (non-hydrogen) atoms. The Morgan fingerprint density at radius 3 is 1.66 bits per heavy atom. The molecule has 0 unspecified atom stereocenters. The Morgan fingerprint density at radius 2 is 1.24 bits per heavy atom. The molecule has 0 heterocycles. The molecule has 0 bridgehead atoms. The number of benzene rings is 1. The molecule has 0 atom stereocenters. The van der Waals surface area contributed by atoms with Gasteiger partial charge in [0, 0.05) is 12.8 Å². The van der Waals surface area contributed by atoms with E-state index in [9.17, 15) is 39.9 Å². The Kier molecular flexibility index (Phi) is 9.08. The molecule has 1 N–H and O–H groups in total. The van der Waals surface area contributed by atoms with E-state index in [-0.39, 0.29) is 12.8 Å². The summed E-state index contributed by atoms with van der Waals surface area (Å²) in [5.74, 6) is -2.73. The Balaban J connectivity index is 2.68. The number of rotatable bonds is 13. The minimum Gasteiger partial charge on any atom is -0.481 e. The average molecular weight is 413 g/mol. The van der Waals surface area contributed by atoms with Gasteiger partial charge in [-0.2, -0.15) is 0 Å². The van der Waals surface area contributed by atoms with Gasteiger partial charge in [0.1, 0.15) is 0 Å². The van der Waals surface area contributed by atoms with Crippen LogP contribution in [-0.4, -0.2) is 31.8 Å². The summed E-state index contributed by atoms with van der Waals surface area (Å²) in [6.07, 6.45) is 3.74. The second-order valence-electron chi connectivity index (χ2n) is 6.07. The largest absolute Gasteiger partial charge is 0.481 e. The number of carboxylic acid groups (broad SMARTS) is 1. The van der Waals surface area contributed by atoms with E-state index in [1.807, 2.05) is 0 Å². The lowest BCUT2D eigenvalue weighted by Crippen LogP contribution is -2.11. The normalized spacial score (nSPS) is 10.3. The topological polar surface area (TPSA) is 193 Å². The number of hydrogen-bond donors (Lipinski definition) is 1. The van der Waals surface area contributed by atoms with Crippen molar-refractivity contribution in [2.75, 3.05) is 0 Å². The van der Waals surface area contributed by atoms with E-state index >= 15 is 0 Å². The van der Waals surface area contributed by atoms with Gasteiger partial charge < -0.3 is 9.84 Å². The molecule has 0 saturated heterocycles. The van der Waals surface area contributed by atoms with Gasteiger partial charge in [-0.15, -0.1) is 0 Å². The summed E-state index contributed by atoms with van der Waals surface area (Å²) in [6.45, 7) is 0. The van der Waals surface area contributed by atoms with Gasteiger partial charge in [-0.05, 0) is 12.8 Å². The van der Waals surface area contributed by atoms with Crippen molar-refractivity contribution in [2.24, 2.45) is 0 Å². The molecule has 1 aromatic rings. The fourth-order valence-corrected chi connectivity index (χ4v) is 2.48. The molecule has 0 aliphatic carbocycles. The van der Waals surface area contributed by atoms with E-state index in [1.54, 1.807) is 0 Å². The number of carbonyl (C=O) groups excluding carboxylic acids is 1. The zero-order valence-corrected chi connectivity index (χ0v) is 15.3. The number of ether oxygens (including phenoxy) is 1. The summed E-state index contributed by atoms with van der Waals surface area (Å²) in [4.78, 5) is 52.1. The fourth-order valence-electron chi connectivity index (χ4n) is 2.48. The smallest absolute Gasteiger partial charge is 0.325 e. The standard InChI is InChI=1S/C16H19N3O10/c20-14(21)7-5-3-1-2-4-6-8-15(22)29-16-12(18(25)26)9-11(17(23)24)10-13(16)19(27)28/h9-10H,1-8H2,(H,20,21). The first kappa shape index (κ1) is 23.4. The monoisotopic (exact) mass is 413 g/mol. The molecule has 0 spiro atoms. The maximum Gasteiger partial charge on any atom is 0.325 e. The van der Waals surface area contributed by atoms with Gasteiger partial charge in [0.05, 0.1) is 26.9 Å². The van der Waals surface area contributed by atoms with Crippen LogP contribution in [0.3, 0.4) is 0 Å². The molecule has 0 fully saturated rings. The Morgan fingerprint density at radius 1 is 0.793 bits per heavy atom. The van der Waals surface area contributed by atoms with Crippen LogP contribution >= 0.6 is 0 Å². The van der Waals surface area contributed by atoms with Gasteiger partial charge in [0.2, 0.25) is 0 Å². The predicted molar refractivity (Wildman–Crippen MR) is 96.6 cm³/mol. The van der Waals surface area contributed by atoms with E-state index < -0.39 is 49.5 Å². The number of nitro benzene ring substituents is 3. The van der Waals surface area contributed by atoms with Crippen LogP contribution in [0.1, 0.15) is 51.4 Å². The van der Waals surface area contributed by atoms with E-state index in [0.29, 0.717) is 31.4 Å². The van der Waals surface area contributed by atoms with Crippen LogP contribution in [0.2, 0.25) is 0 Å². The second kappa shape index (κ2) is 11.3. The van der Waals surface area contributed by atoms with Gasteiger partial charge in [-0.25, -0.2) is 0 Å². The van der Waals surface area contributed by atoms with Crippen LogP contribution in [0, 0.1) is 30.3 Å². The van der Waals surface area contributed by atoms with Crippen molar-refractivity contribution in [1.82, 2.24) is 0 Å². The first-order chi connectivity index (χ1) is 13.6. The number of esters is 1. The zero-order valence-electron chi connectivity index (χ0n) is 15.3. The number of non-ortho nitro benzene ring substituents is 1. The lowest BCUT2D eigenvalue weighted by Gasteiger charge is -2.06. The molecule has 0 aromatic heterocycles. The number of nitrogens with zero attached hydrogens (tertiary/aromatic N) is 3. The third kappa shape index (κ3) is 7.86. The molecule has 0 aliphatic rings. The van der Waals surface area contributed by atoms with Gasteiger partial charge >= 0.3 is 23.3 Å². The van der Waals surface area contributed by atoms with Crippen LogP contribution in [0.5, 0.6) is 5.75 Å². The molecule has 0 saturated carbocycles. The van der Waals surface area contributed by atoms with Crippen molar-refractivity contribution in [3.05, 3.63) is 42.5 Å². The molecule has 13 heteroatoms. The molecule has 0 radical (unpaired) electrons. The molecule has 1 rings (SSSR count). The lowest BCUT2D eigenvalue weighted by molar-refractivity contribution is -0.404. The van der Waals surface area contributed by atoms with Gasteiger partial charge in [-0.1, -0.05) is 25.7 Å². The zero-order chi connectivity index (χ0) is 22.0. The second-order valence-corrected chi connectivity index (χ2v) is 6.07. The van der Waals surface area contributed by atoms with Crippen molar-refractivity contribution in [3.8, 4) is 5.75 Å². The average Bonchev–Trinajstić information content (AvgIpc) is 2.62. The van der Waals surface area contributed by atoms with Crippen LogP contribution in [0.4, 0.5) is 17.1 Å². The Bertz CT molecular complexity index is 773. The van der Waals surface area contributed by atoms with Crippen LogP contribution in [0.25, 0.3) is 0 Å². The first-order valence-electron chi connectivity index (χ1n) is 8.67. The number of carboxylic acids is 1. The molecular weight excluding hydrogens is 394 g/mol. The SMILES string of the molecule is O=C(O)CCCCCCCCC(=O)Oc1c([N+](=O)[O-])cc([N+](=O)[O-])cc1[N+](=O)[O-]. The van der Waals surface area contributed by atoms with Crippen molar-refractivity contribution in [1.29, 1.82) is 0 Å². The predicted octanol–water partition coefficient (Wildman–Crippen LogP) is 3.52. The Labute approximate surface area is 163 Å². The highest BCUT2D eigenvalue weighted by Crippen LogP contribution is 2.40. The molecule has 1 aromatic carbocycles. The number of unbranched alkanes of at least 4 members (excludes halogenated alkanes) is 5. The third-order valence-corrected chi connectivity index (χ3v) is 3.88. The van der Waals surface area contributed by atoms with Gasteiger partial charge in [-0.3, -0.25) is 39.9 Å². The lowest BCUT2D eigenvalue weighted by atomic mass is 10.1. The van der Waals surface area contributed by atoms with Crippen LogP contribution < -0.4 is 4.74 Å². The minimum absolute atomic E-state index is 0.0964. The highest BCUT2D eigenvalue weighted by atomic mass is 16.6. The van der Waals surface area contributed by atoms with Gasteiger partial charge in [0.25, 0.3) is 11.4 Å². The van der Waals surface area contributed by atoms with E-state index in [4.69, 9.17) is 9.84 Å². The summed E-state index contributed by atoms with van der Waals surface area (Å²) in [6, 6.07) is 0.986. The molecule has 158 valence electrons. The highest BCUT2D eigenvalue weighted by molar-refractivity contribution is 5.77.